The first-order chi connectivity index (χ1) is 14.1. The second-order valence-corrected chi connectivity index (χ2v) is 7.98. The summed E-state index contributed by atoms with van der Waals surface area (Å²) in [7, 11) is 0. The number of rotatable bonds is 5. The van der Waals surface area contributed by atoms with E-state index < -0.39 is 37.1 Å². The van der Waals surface area contributed by atoms with E-state index in [1.54, 1.807) is 18.5 Å². The van der Waals surface area contributed by atoms with Crippen molar-refractivity contribution in [3.63, 3.8) is 0 Å². The van der Waals surface area contributed by atoms with Gasteiger partial charge in [0.25, 0.3) is 0 Å². The smallest absolute Gasteiger partial charge is 0.149 e. The predicted octanol–water partition coefficient (Wildman–Crippen LogP) is 0.706. The van der Waals surface area contributed by atoms with E-state index in [1.165, 1.54) is 11.3 Å². The minimum Gasteiger partial charge on any atom is -0.394 e. The highest BCUT2D eigenvalue weighted by molar-refractivity contribution is 7.14. The Hall–Kier alpha value is -2.27. The van der Waals surface area contributed by atoms with E-state index in [0.717, 1.165) is 21.1 Å². The maximum atomic E-state index is 10.3. The minimum atomic E-state index is -1.40. The third-order valence-corrected chi connectivity index (χ3v) is 5.87. The molecule has 4 N–H and O–H groups in total. The van der Waals surface area contributed by atoms with Gasteiger partial charge in [0.2, 0.25) is 0 Å². The lowest BCUT2D eigenvalue weighted by Crippen LogP contribution is -2.55. The molecule has 29 heavy (non-hydrogen) atoms. The lowest BCUT2D eigenvalue weighted by atomic mass is 9.90. The van der Waals surface area contributed by atoms with Crippen molar-refractivity contribution in [1.29, 1.82) is 0 Å². The van der Waals surface area contributed by atoms with E-state index in [9.17, 15) is 20.4 Å². The molecule has 9 heteroatoms. The van der Waals surface area contributed by atoms with Crippen molar-refractivity contribution in [2.75, 3.05) is 6.61 Å². The Morgan fingerprint density at radius 3 is 2.62 bits per heavy atom. The van der Waals surface area contributed by atoms with Crippen LogP contribution in [0.25, 0.3) is 10.6 Å². The topological polar surface area (TPSA) is 129 Å². The van der Waals surface area contributed by atoms with Crippen LogP contribution in [0.15, 0.2) is 48.8 Å². The van der Waals surface area contributed by atoms with Crippen molar-refractivity contribution in [2.24, 2.45) is 0 Å². The minimum absolute atomic E-state index is 0.455. The molecule has 0 spiro atoms. The fraction of sp³-hybridized carbons (Fsp3) is 0.350. The number of aromatic nitrogens is 3. The van der Waals surface area contributed by atoms with E-state index in [2.05, 4.69) is 15.2 Å². The average molecular weight is 415 g/mol. The number of hydrogen-bond acceptors (Lipinski definition) is 9. The van der Waals surface area contributed by atoms with Gasteiger partial charge in [-0.3, -0.25) is 4.98 Å². The molecule has 4 rings (SSSR count). The fourth-order valence-electron chi connectivity index (χ4n) is 3.36. The van der Waals surface area contributed by atoms with E-state index in [0.29, 0.717) is 12.0 Å². The molecule has 3 aromatic rings. The Bertz CT molecular complexity index is 952. The van der Waals surface area contributed by atoms with Crippen molar-refractivity contribution in [3.8, 4) is 10.6 Å². The van der Waals surface area contributed by atoms with Gasteiger partial charge in [0, 0.05) is 24.4 Å². The molecular formula is C20H21N3O5S. The number of benzene rings is 1. The van der Waals surface area contributed by atoms with Gasteiger partial charge in [-0.15, -0.1) is 10.2 Å². The maximum absolute atomic E-state index is 10.3. The lowest BCUT2D eigenvalue weighted by Gasteiger charge is -2.40. The molecular weight excluding hydrogens is 394 g/mol. The zero-order valence-electron chi connectivity index (χ0n) is 15.4. The summed E-state index contributed by atoms with van der Waals surface area (Å²) in [6.45, 7) is -0.455. The van der Waals surface area contributed by atoms with Gasteiger partial charge in [-0.1, -0.05) is 35.6 Å². The Labute approximate surface area is 171 Å². The van der Waals surface area contributed by atoms with Crippen LogP contribution in [0.2, 0.25) is 0 Å². The zero-order chi connectivity index (χ0) is 20.4. The number of aliphatic hydroxyl groups is 4. The number of pyridine rings is 1. The molecule has 5 atom stereocenters. The van der Waals surface area contributed by atoms with Crippen LogP contribution in [0, 0.1) is 0 Å². The van der Waals surface area contributed by atoms with Crippen molar-refractivity contribution in [2.45, 2.75) is 36.9 Å². The highest BCUT2D eigenvalue weighted by Gasteiger charge is 2.43. The summed E-state index contributed by atoms with van der Waals surface area (Å²) in [5.41, 5.74) is 2.50. The summed E-state index contributed by atoms with van der Waals surface area (Å²) in [6.07, 6.45) is -1.88. The van der Waals surface area contributed by atoms with Gasteiger partial charge >= 0.3 is 0 Å². The molecule has 1 aliphatic rings. The molecule has 1 aromatic carbocycles. The molecule has 8 nitrogen and oxygen atoms in total. The summed E-state index contributed by atoms with van der Waals surface area (Å²) in [4.78, 5) is 4.09. The van der Waals surface area contributed by atoms with Crippen molar-refractivity contribution in [1.82, 2.24) is 15.2 Å². The molecule has 0 saturated carbocycles. The summed E-state index contributed by atoms with van der Waals surface area (Å²) in [5, 5.41) is 49.8. The third kappa shape index (κ3) is 4.20. The van der Waals surface area contributed by atoms with E-state index in [4.69, 9.17) is 4.74 Å². The normalized spacial score (nSPS) is 27.1. The number of aliphatic hydroxyl groups excluding tert-OH is 4. The summed E-state index contributed by atoms with van der Waals surface area (Å²) < 4.78 is 5.64. The van der Waals surface area contributed by atoms with Crippen LogP contribution in [0.3, 0.4) is 0 Å². The third-order valence-electron chi connectivity index (χ3n) is 4.90. The van der Waals surface area contributed by atoms with Gasteiger partial charge in [-0.05, 0) is 23.3 Å². The first-order valence-electron chi connectivity index (χ1n) is 9.19. The summed E-state index contributed by atoms with van der Waals surface area (Å²) in [5.74, 6) is 0. The molecule has 3 heterocycles. The number of nitrogens with zero attached hydrogens (tertiary/aromatic N) is 3. The highest BCUT2D eigenvalue weighted by Crippen LogP contribution is 2.33. The second kappa shape index (κ2) is 8.62. The van der Waals surface area contributed by atoms with Crippen LogP contribution in [0.5, 0.6) is 0 Å². The first kappa shape index (κ1) is 20.0. The summed E-state index contributed by atoms with van der Waals surface area (Å²) >= 11 is 1.48. The Balaban J connectivity index is 1.53. The molecule has 0 radical (unpaired) electrons. The van der Waals surface area contributed by atoms with E-state index in [-0.39, 0.29) is 0 Å². The van der Waals surface area contributed by atoms with Gasteiger partial charge in [0.1, 0.15) is 40.5 Å². The summed E-state index contributed by atoms with van der Waals surface area (Å²) in [6, 6.07) is 11.2. The highest BCUT2D eigenvalue weighted by atomic mass is 32.1. The molecule has 2 aromatic heterocycles. The fourth-order valence-corrected chi connectivity index (χ4v) is 4.23. The molecule has 1 saturated heterocycles. The SMILES string of the molecule is OC[C@H]1OC(c2cccc(Cc3nnc(-c4cccnc4)s3)c2)[C@H](O)[C@@H](O)[C@@H]1O. The molecule has 0 aliphatic carbocycles. The molecule has 0 amide bonds. The molecule has 1 unspecified atom stereocenters. The van der Waals surface area contributed by atoms with Crippen LogP contribution in [-0.2, 0) is 11.2 Å². The van der Waals surface area contributed by atoms with Crippen LogP contribution in [0.4, 0.5) is 0 Å². The largest absolute Gasteiger partial charge is 0.394 e. The molecule has 0 bridgehead atoms. The lowest BCUT2D eigenvalue weighted by molar-refractivity contribution is -0.231. The van der Waals surface area contributed by atoms with Crippen LogP contribution < -0.4 is 0 Å². The van der Waals surface area contributed by atoms with Crippen LogP contribution >= 0.6 is 11.3 Å². The Morgan fingerprint density at radius 1 is 1.00 bits per heavy atom. The van der Waals surface area contributed by atoms with Crippen molar-refractivity contribution in [3.05, 3.63) is 64.9 Å². The van der Waals surface area contributed by atoms with E-state index >= 15 is 0 Å². The van der Waals surface area contributed by atoms with Gasteiger partial charge in [0.05, 0.1) is 6.61 Å². The second-order valence-electron chi connectivity index (χ2n) is 6.91. The Morgan fingerprint density at radius 2 is 1.86 bits per heavy atom. The first-order valence-corrected chi connectivity index (χ1v) is 10.0. The van der Waals surface area contributed by atoms with Gasteiger partial charge in [0.15, 0.2) is 0 Å². The van der Waals surface area contributed by atoms with Crippen LogP contribution in [0.1, 0.15) is 22.2 Å². The monoisotopic (exact) mass is 415 g/mol. The average Bonchev–Trinajstić information content (AvgIpc) is 3.22. The Kier molecular flexibility index (Phi) is 5.95. The predicted molar refractivity (Wildman–Crippen MR) is 105 cm³/mol. The number of ether oxygens (including phenoxy) is 1. The van der Waals surface area contributed by atoms with Gasteiger partial charge in [-0.25, -0.2) is 0 Å². The molecule has 1 fully saturated rings. The van der Waals surface area contributed by atoms with Crippen LogP contribution in [-0.4, -0.2) is 66.6 Å². The quantitative estimate of drug-likeness (QED) is 0.480. The van der Waals surface area contributed by atoms with Crippen molar-refractivity contribution < 1.29 is 25.2 Å². The zero-order valence-corrected chi connectivity index (χ0v) is 16.2. The number of hydrogen-bond donors (Lipinski definition) is 4. The van der Waals surface area contributed by atoms with Gasteiger partial charge in [-0.2, -0.15) is 0 Å². The van der Waals surface area contributed by atoms with Crippen molar-refractivity contribution >= 4 is 11.3 Å². The van der Waals surface area contributed by atoms with E-state index in [1.807, 2.05) is 30.3 Å². The standard InChI is InChI=1S/C20H21N3O5S/c24-10-14-16(25)17(26)18(27)19(28-14)12-4-1-3-11(7-12)8-15-22-23-20(29-15)13-5-2-6-21-9-13/h1-7,9,14,16-19,24-27H,8,10H2/t14-,16-,17+,18-,19?/m1/s1. The van der Waals surface area contributed by atoms with Gasteiger partial charge < -0.3 is 25.2 Å². The molecule has 1 aliphatic heterocycles. The molecule has 152 valence electrons. The maximum Gasteiger partial charge on any atom is 0.149 e.